The quantitative estimate of drug-likeness (QED) is 0.881. The van der Waals surface area contributed by atoms with Crippen molar-refractivity contribution in [2.24, 2.45) is 5.92 Å². The number of hydrogen-bond donors (Lipinski definition) is 1. The maximum atomic E-state index is 5.23. The maximum absolute atomic E-state index is 5.23. The average molecular weight is 250 g/mol. The van der Waals surface area contributed by atoms with Gasteiger partial charge in [0.05, 0.1) is 0 Å². The number of ether oxygens (including phenoxy) is 1. The number of piperidine rings is 1. The molecule has 2 heterocycles. The Kier molecular flexibility index (Phi) is 4.36. The molecule has 1 fully saturated rings. The zero-order valence-electron chi connectivity index (χ0n) is 11.4. The smallest absolute Gasteiger partial charge is 0.137 e. The van der Waals surface area contributed by atoms with E-state index in [2.05, 4.69) is 27.1 Å². The molecule has 0 amide bonds. The van der Waals surface area contributed by atoms with Crippen molar-refractivity contribution in [3.63, 3.8) is 0 Å². The second-order valence-electron chi connectivity index (χ2n) is 4.81. The molecule has 0 aliphatic carbocycles. The summed E-state index contributed by atoms with van der Waals surface area (Å²) in [5.41, 5.74) is 1.13. The molecule has 100 valence electrons. The van der Waals surface area contributed by atoms with Crippen molar-refractivity contribution in [1.82, 2.24) is 9.97 Å². The first-order valence-electron chi connectivity index (χ1n) is 6.49. The molecule has 1 aliphatic rings. The lowest BCUT2D eigenvalue weighted by Gasteiger charge is -2.33. The van der Waals surface area contributed by atoms with Gasteiger partial charge in [-0.2, -0.15) is 0 Å². The molecular weight excluding hydrogens is 228 g/mol. The van der Waals surface area contributed by atoms with Crippen LogP contribution in [-0.2, 0) is 4.74 Å². The molecule has 0 radical (unpaired) electrons. The Labute approximate surface area is 109 Å². The van der Waals surface area contributed by atoms with E-state index < -0.39 is 0 Å². The molecule has 5 heteroatoms. The summed E-state index contributed by atoms with van der Waals surface area (Å²) in [6, 6.07) is 0. The number of methoxy groups -OCH3 is 1. The van der Waals surface area contributed by atoms with Gasteiger partial charge in [-0.15, -0.1) is 0 Å². The van der Waals surface area contributed by atoms with Gasteiger partial charge in [-0.25, -0.2) is 9.97 Å². The summed E-state index contributed by atoms with van der Waals surface area (Å²) in [5, 5.41) is 3.11. The molecule has 2 rings (SSSR count). The zero-order chi connectivity index (χ0) is 13.0. The van der Waals surface area contributed by atoms with Gasteiger partial charge in [-0.05, 0) is 25.7 Å². The summed E-state index contributed by atoms with van der Waals surface area (Å²) in [6.07, 6.45) is 3.98. The van der Waals surface area contributed by atoms with Crippen molar-refractivity contribution in [3.8, 4) is 0 Å². The van der Waals surface area contributed by atoms with Crippen molar-refractivity contribution < 1.29 is 4.74 Å². The molecule has 0 unspecified atom stereocenters. The van der Waals surface area contributed by atoms with E-state index in [1.807, 2.05) is 7.05 Å². The van der Waals surface area contributed by atoms with Gasteiger partial charge in [0.1, 0.15) is 18.0 Å². The van der Waals surface area contributed by atoms with Crippen LogP contribution < -0.4 is 10.2 Å². The fourth-order valence-electron chi connectivity index (χ4n) is 2.56. The number of nitrogens with one attached hydrogen (secondary N) is 1. The summed E-state index contributed by atoms with van der Waals surface area (Å²) < 4.78 is 5.23. The van der Waals surface area contributed by atoms with Gasteiger partial charge < -0.3 is 15.0 Å². The standard InChI is InChI=1S/C13H22N4O/c1-10-12(14-2)15-9-16-13(10)17-6-4-11(5-7-17)8-18-3/h9,11H,4-8H2,1-3H3,(H,14,15,16). The first-order chi connectivity index (χ1) is 8.76. The molecule has 0 bridgehead atoms. The van der Waals surface area contributed by atoms with Crippen LogP contribution in [-0.4, -0.2) is 43.8 Å². The Hall–Kier alpha value is -1.36. The van der Waals surface area contributed by atoms with Crippen molar-refractivity contribution in [2.75, 3.05) is 44.1 Å². The predicted octanol–water partition coefficient (Wildman–Crippen LogP) is 1.69. The Balaban J connectivity index is 2.05. The fraction of sp³-hybridized carbons (Fsp3) is 0.692. The second-order valence-corrected chi connectivity index (χ2v) is 4.81. The van der Waals surface area contributed by atoms with E-state index in [1.165, 1.54) is 12.8 Å². The van der Waals surface area contributed by atoms with E-state index in [9.17, 15) is 0 Å². The number of nitrogens with zero attached hydrogens (tertiary/aromatic N) is 3. The van der Waals surface area contributed by atoms with Crippen LogP contribution >= 0.6 is 0 Å². The van der Waals surface area contributed by atoms with E-state index in [4.69, 9.17) is 4.74 Å². The topological polar surface area (TPSA) is 50.3 Å². The maximum Gasteiger partial charge on any atom is 0.137 e. The summed E-state index contributed by atoms with van der Waals surface area (Å²) in [7, 11) is 3.67. The molecule has 1 aliphatic heterocycles. The number of rotatable bonds is 4. The molecule has 1 aromatic rings. The van der Waals surface area contributed by atoms with Gasteiger partial charge in [0.2, 0.25) is 0 Å². The molecule has 5 nitrogen and oxygen atoms in total. The third-order valence-corrected chi connectivity index (χ3v) is 3.61. The molecule has 18 heavy (non-hydrogen) atoms. The lowest BCUT2D eigenvalue weighted by molar-refractivity contribution is 0.139. The van der Waals surface area contributed by atoms with Crippen molar-refractivity contribution >= 4 is 11.6 Å². The van der Waals surface area contributed by atoms with Crippen LogP contribution in [0.3, 0.4) is 0 Å². The molecule has 0 aromatic carbocycles. The minimum atomic E-state index is 0.692. The molecule has 0 spiro atoms. The van der Waals surface area contributed by atoms with E-state index in [-0.39, 0.29) is 0 Å². The Morgan fingerprint density at radius 1 is 1.39 bits per heavy atom. The van der Waals surface area contributed by atoms with Crippen LogP contribution in [0.25, 0.3) is 0 Å². The van der Waals surface area contributed by atoms with Crippen LogP contribution in [0.4, 0.5) is 11.6 Å². The first kappa shape index (κ1) is 13.1. The van der Waals surface area contributed by atoms with Gasteiger partial charge >= 0.3 is 0 Å². The number of hydrogen-bond acceptors (Lipinski definition) is 5. The first-order valence-corrected chi connectivity index (χ1v) is 6.49. The Bertz CT molecular complexity index is 389. The normalized spacial score (nSPS) is 16.9. The highest BCUT2D eigenvalue weighted by molar-refractivity contribution is 5.57. The van der Waals surface area contributed by atoms with Crippen LogP contribution in [0.2, 0.25) is 0 Å². The number of anilines is 2. The van der Waals surface area contributed by atoms with Crippen LogP contribution in [0.15, 0.2) is 6.33 Å². The van der Waals surface area contributed by atoms with Gasteiger partial charge in [-0.3, -0.25) is 0 Å². The van der Waals surface area contributed by atoms with Gasteiger partial charge in [0, 0.05) is 39.4 Å². The lowest BCUT2D eigenvalue weighted by atomic mass is 9.97. The largest absolute Gasteiger partial charge is 0.384 e. The van der Waals surface area contributed by atoms with Gasteiger partial charge in [-0.1, -0.05) is 0 Å². The zero-order valence-corrected chi connectivity index (χ0v) is 11.4. The lowest BCUT2D eigenvalue weighted by Crippen LogP contribution is -2.36. The predicted molar refractivity (Wildman–Crippen MR) is 73.1 cm³/mol. The summed E-state index contributed by atoms with van der Waals surface area (Å²) >= 11 is 0. The molecular formula is C13H22N4O. The second kappa shape index (κ2) is 6.00. The van der Waals surface area contributed by atoms with Crippen LogP contribution in [0.5, 0.6) is 0 Å². The third kappa shape index (κ3) is 2.72. The SMILES string of the molecule is CNc1ncnc(N2CCC(COC)CC2)c1C. The molecule has 0 saturated carbocycles. The van der Waals surface area contributed by atoms with Crippen molar-refractivity contribution in [2.45, 2.75) is 19.8 Å². The molecule has 0 atom stereocenters. The minimum absolute atomic E-state index is 0.692. The van der Waals surface area contributed by atoms with Gasteiger partial charge in [0.15, 0.2) is 0 Å². The van der Waals surface area contributed by atoms with Crippen LogP contribution in [0, 0.1) is 12.8 Å². The summed E-state index contributed by atoms with van der Waals surface area (Å²) in [5.74, 6) is 2.67. The van der Waals surface area contributed by atoms with Crippen LogP contribution in [0.1, 0.15) is 18.4 Å². The van der Waals surface area contributed by atoms with Crippen molar-refractivity contribution in [3.05, 3.63) is 11.9 Å². The highest BCUT2D eigenvalue weighted by atomic mass is 16.5. The number of aromatic nitrogens is 2. The monoisotopic (exact) mass is 250 g/mol. The Morgan fingerprint density at radius 2 is 2.11 bits per heavy atom. The highest BCUT2D eigenvalue weighted by Gasteiger charge is 2.21. The minimum Gasteiger partial charge on any atom is -0.384 e. The molecule has 1 N–H and O–H groups in total. The summed E-state index contributed by atoms with van der Waals surface area (Å²) in [4.78, 5) is 11.0. The average Bonchev–Trinajstić information content (AvgIpc) is 2.41. The van der Waals surface area contributed by atoms with E-state index in [0.29, 0.717) is 5.92 Å². The Morgan fingerprint density at radius 3 is 2.72 bits per heavy atom. The fourth-order valence-corrected chi connectivity index (χ4v) is 2.56. The summed E-state index contributed by atoms with van der Waals surface area (Å²) in [6.45, 7) is 5.05. The van der Waals surface area contributed by atoms with Gasteiger partial charge in [0.25, 0.3) is 0 Å². The molecule has 1 aromatic heterocycles. The van der Waals surface area contributed by atoms with Crippen molar-refractivity contribution in [1.29, 1.82) is 0 Å². The van der Waals surface area contributed by atoms with E-state index in [1.54, 1.807) is 13.4 Å². The molecule has 1 saturated heterocycles. The van der Waals surface area contributed by atoms with E-state index >= 15 is 0 Å². The van der Waals surface area contributed by atoms with E-state index in [0.717, 1.165) is 36.9 Å². The third-order valence-electron chi connectivity index (χ3n) is 3.61. The highest BCUT2D eigenvalue weighted by Crippen LogP contribution is 2.26.